The van der Waals surface area contributed by atoms with Gasteiger partial charge in [0.2, 0.25) is 5.91 Å². The highest BCUT2D eigenvalue weighted by molar-refractivity contribution is 5.99. The second-order valence-corrected chi connectivity index (χ2v) is 7.72. The van der Waals surface area contributed by atoms with E-state index in [4.69, 9.17) is 8.83 Å². The van der Waals surface area contributed by atoms with Gasteiger partial charge < -0.3 is 29.9 Å². The molecule has 0 spiro atoms. The Balaban J connectivity index is 1.60. The molecule has 0 aliphatic rings. The maximum absolute atomic E-state index is 12.9. The average Bonchev–Trinajstić information content (AvgIpc) is 3.52. The molecule has 0 saturated carbocycles. The first-order valence-electron chi connectivity index (χ1n) is 10.7. The maximum Gasteiger partial charge on any atom is 0.328 e. The van der Waals surface area contributed by atoms with Crippen LogP contribution in [0.15, 0.2) is 63.8 Å². The normalized spacial score (nSPS) is 11.7. The third kappa shape index (κ3) is 6.94. The van der Waals surface area contributed by atoms with E-state index in [1.54, 1.807) is 44.2 Å². The minimum absolute atomic E-state index is 0.0336. The quantitative estimate of drug-likeness (QED) is 0.326. The standard InChI is InChI=1S/C25H25N3O7/c1-15-11-17(13-26-21(29)8-7-18-5-3-9-34-18)12-16(2)22(15)24(31)28-19(25(32)33)14-27-23(30)20-6-4-10-35-20/h3-12,19H,13-14H2,1-2H3,(H,26,29)(H,27,30)(H,28,31)(H,32,33)/t19-/m0/s1. The zero-order valence-electron chi connectivity index (χ0n) is 19.2. The van der Waals surface area contributed by atoms with Crippen molar-refractivity contribution < 1.29 is 33.1 Å². The number of benzene rings is 1. The van der Waals surface area contributed by atoms with Gasteiger partial charge >= 0.3 is 5.97 Å². The first-order chi connectivity index (χ1) is 16.7. The number of carbonyl (C=O) groups is 4. The largest absolute Gasteiger partial charge is 0.480 e. The summed E-state index contributed by atoms with van der Waals surface area (Å²) in [5, 5.41) is 17.1. The first-order valence-corrected chi connectivity index (χ1v) is 10.7. The summed E-state index contributed by atoms with van der Waals surface area (Å²) in [7, 11) is 0. The summed E-state index contributed by atoms with van der Waals surface area (Å²) in [6.07, 6.45) is 5.74. The molecule has 0 unspecified atom stereocenters. The maximum atomic E-state index is 12.9. The summed E-state index contributed by atoms with van der Waals surface area (Å²) in [5.74, 6) is -2.19. The molecule has 2 aromatic heterocycles. The van der Waals surface area contributed by atoms with Crippen LogP contribution in [0.5, 0.6) is 0 Å². The molecule has 0 saturated heterocycles. The topological polar surface area (TPSA) is 151 Å². The van der Waals surface area contributed by atoms with Crippen LogP contribution in [0.4, 0.5) is 0 Å². The van der Waals surface area contributed by atoms with Crippen LogP contribution in [0.2, 0.25) is 0 Å². The lowest BCUT2D eigenvalue weighted by atomic mass is 9.98. The number of hydrogen-bond acceptors (Lipinski definition) is 6. The Morgan fingerprint density at radius 2 is 1.66 bits per heavy atom. The predicted molar refractivity (Wildman–Crippen MR) is 125 cm³/mol. The Morgan fingerprint density at radius 1 is 0.971 bits per heavy atom. The molecule has 0 fully saturated rings. The number of furan rings is 2. The monoisotopic (exact) mass is 479 g/mol. The molecule has 3 rings (SSSR count). The summed E-state index contributed by atoms with van der Waals surface area (Å²) in [6.45, 7) is 3.35. The highest BCUT2D eigenvalue weighted by Crippen LogP contribution is 2.17. The summed E-state index contributed by atoms with van der Waals surface area (Å²) in [6, 6.07) is 8.55. The van der Waals surface area contributed by atoms with E-state index in [0.29, 0.717) is 22.5 Å². The van der Waals surface area contributed by atoms with E-state index in [1.807, 2.05) is 0 Å². The fraction of sp³-hybridized carbons (Fsp3) is 0.200. The van der Waals surface area contributed by atoms with E-state index >= 15 is 0 Å². The molecule has 0 radical (unpaired) electrons. The lowest BCUT2D eigenvalue weighted by Crippen LogP contribution is -2.48. The summed E-state index contributed by atoms with van der Waals surface area (Å²) >= 11 is 0. The zero-order chi connectivity index (χ0) is 25.4. The molecular weight excluding hydrogens is 454 g/mol. The molecule has 10 nitrogen and oxygen atoms in total. The van der Waals surface area contributed by atoms with Crippen molar-refractivity contribution >= 4 is 29.8 Å². The van der Waals surface area contributed by atoms with E-state index in [0.717, 1.165) is 5.56 Å². The van der Waals surface area contributed by atoms with Crippen LogP contribution in [-0.2, 0) is 16.1 Å². The number of aryl methyl sites for hydroxylation is 2. The lowest BCUT2D eigenvalue weighted by molar-refractivity contribution is -0.139. The van der Waals surface area contributed by atoms with Gasteiger partial charge in [-0.05, 0) is 60.9 Å². The Morgan fingerprint density at radius 3 is 2.26 bits per heavy atom. The molecule has 3 amide bonds. The van der Waals surface area contributed by atoms with Crippen molar-refractivity contribution in [1.82, 2.24) is 16.0 Å². The highest BCUT2D eigenvalue weighted by atomic mass is 16.4. The van der Waals surface area contributed by atoms with Gasteiger partial charge in [0.1, 0.15) is 11.8 Å². The Labute approximate surface area is 201 Å². The summed E-state index contributed by atoms with van der Waals surface area (Å²) < 4.78 is 10.1. The molecule has 0 aliphatic heterocycles. The van der Waals surface area contributed by atoms with Gasteiger partial charge in [0.15, 0.2) is 5.76 Å². The fourth-order valence-electron chi connectivity index (χ4n) is 3.43. The van der Waals surface area contributed by atoms with Crippen LogP contribution in [0, 0.1) is 13.8 Å². The molecule has 182 valence electrons. The van der Waals surface area contributed by atoms with Gasteiger partial charge in [-0.2, -0.15) is 0 Å². The van der Waals surface area contributed by atoms with Gasteiger partial charge in [0, 0.05) is 24.7 Å². The van der Waals surface area contributed by atoms with Crippen molar-refractivity contribution in [2.45, 2.75) is 26.4 Å². The van der Waals surface area contributed by atoms with E-state index in [2.05, 4.69) is 16.0 Å². The lowest BCUT2D eigenvalue weighted by Gasteiger charge is -2.18. The second kappa shape index (κ2) is 11.5. The Bertz CT molecular complexity index is 1200. The van der Waals surface area contributed by atoms with Crippen molar-refractivity contribution in [3.05, 3.63) is 88.8 Å². The molecule has 2 heterocycles. The third-order valence-electron chi connectivity index (χ3n) is 5.04. The SMILES string of the molecule is Cc1cc(CNC(=O)C=Cc2ccco2)cc(C)c1C(=O)N[C@@H](CNC(=O)c1ccco1)C(=O)O. The van der Waals surface area contributed by atoms with Crippen LogP contribution in [0.3, 0.4) is 0 Å². The van der Waals surface area contributed by atoms with Crippen LogP contribution >= 0.6 is 0 Å². The van der Waals surface area contributed by atoms with E-state index in [9.17, 15) is 24.3 Å². The number of hydrogen-bond donors (Lipinski definition) is 4. The minimum atomic E-state index is -1.35. The highest BCUT2D eigenvalue weighted by Gasteiger charge is 2.24. The average molecular weight is 479 g/mol. The number of aliphatic carboxylic acids is 1. The number of carboxylic acid groups (broad SMARTS) is 1. The van der Waals surface area contributed by atoms with Gasteiger partial charge in [-0.15, -0.1) is 0 Å². The number of amides is 3. The van der Waals surface area contributed by atoms with Gasteiger partial charge in [0.05, 0.1) is 12.5 Å². The van der Waals surface area contributed by atoms with Gasteiger partial charge in [0.25, 0.3) is 11.8 Å². The van der Waals surface area contributed by atoms with Crippen molar-refractivity contribution in [2.75, 3.05) is 6.54 Å². The van der Waals surface area contributed by atoms with Gasteiger partial charge in [-0.1, -0.05) is 12.1 Å². The third-order valence-corrected chi connectivity index (χ3v) is 5.04. The number of carboxylic acids is 1. The number of nitrogens with one attached hydrogen (secondary N) is 3. The summed E-state index contributed by atoms with van der Waals surface area (Å²) in [4.78, 5) is 48.5. The Hall–Kier alpha value is -4.60. The smallest absolute Gasteiger partial charge is 0.328 e. The van der Waals surface area contributed by atoms with Crippen molar-refractivity contribution in [1.29, 1.82) is 0 Å². The molecule has 3 aromatic rings. The predicted octanol–water partition coefficient (Wildman–Crippen LogP) is 2.43. The molecular formula is C25H25N3O7. The Kier molecular flexibility index (Phi) is 8.23. The van der Waals surface area contributed by atoms with E-state index in [-0.39, 0.29) is 24.8 Å². The molecule has 0 aliphatic carbocycles. The van der Waals surface area contributed by atoms with Crippen molar-refractivity contribution in [3.8, 4) is 0 Å². The first kappa shape index (κ1) is 25.0. The number of carbonyl (C=O) groups excluding carboxylic acids is 3. The van der Waals surface area contributed by atoms with Crippen molar-refractivity contribution in [2.24, 2.45) is 0 Å². The van der Waals surface area contributed by atoms with Crippen molar-refractivity contribution in [3.63, 3.8) is 0 Å². The molecule has 1 atom stereocenters. The molecule has 0 bridgehead atoms. The fourth-order valence-corrected chi connectivity index (χ4v) is 3.43. The molecule has 4 N–H and O–H groups in total. The van der Waals surface area contributed by atoms with Gasteiger partial charge in [-0.3, -0.25) is 14.4 Å². The molecule has 1 aromatic carbocycles. The minimum Gasteiger partial charge on any atom is -0.480 e. The van der Waals surface area contributed by atoms with Crippen LogP contribution < -0.4 is 16.0 Å². The van der Waals surface area contributed by atoms with E-state index < -0.39 is 23.8 Å². The zero-order valence-corrected chi connectivity index (χ0v) is 19.2. The van der Waals surface area contributed by atoms with Crippen LogP contribution in [0.1, 0.15) is 43.4 Å². The second-order valence-electron chi connectivity index (χ2n) is 7.72. The summed E-state index contributed by atoms with van der Waals surface area (Å²) in [5.41, 5.74) is 2.32. The number of rotatable bonds is 10. The van der Waals surface area contributed by atoms with Crippen LogP contribution in [-0.4, -0.2) is 41.4 Å². The van der Waals surface area contributed by atoms with Gasteiger partial charge in [-0.25, -0.2) is 4.79 Å². The molecule has 35 heavy (non-hydrogen) atoms. The molecule has 10 heteroatoms. The van der Waals surface area contributed by atoms with E-state index in [1.165, 1.54) is 30.7 Å². The van der Waals surface area contributed by atoms with Crippen LogP contribution in [0.25, 0.3) is 6.08 Å².